The van der Waals surface area contributed by atoms with E-state index in [0.717, 1.165) is 28.0 Å². The van der Waals surface area contributed by atoms with Gasteiger partial charge in [0.05, 0.1) is 24.7 Å². The Morgan fingerprint density at radius 3 is 2.17 bits per heavy atom. The van der Waals surface area contributed by atoms with Crippen LogP contribution in [-0.2, 0) is 14.8 Å². The van der Waals surface area contributed by atoms with Crippen LogP contribution in [-0.4, -0.2) is 28.2 Å². The molecule has 1 unspecified atom stereocenters. The van der Waals surface area contributed by atoms with Crippen molar-refractivity contribution >= 4 is 21.2 Å². The van der Waals surface area contributed by atoms with Gasteiger partial charge in [0.25, 0.3) is 0 Å². The molecule has 1 atom stereocenters. The number of ether oxygens (including phenoxy) is 2. The normalized spacial score (nSPS) is 18.0. The summed E-state index contributed by atoms with van der Waals surface area (Å²) in [6.07, 6.45) is -0.0672. The van der Waals surface area contributed by atoms with Gasteiger partial charge in [0.2, 0.25) is 10.0 Å². The lowest BCUT2D eigenvalue weighted by molar-refractivity contribution is 0.149. The number of benzene rings is 2. The highest BCUT2D eigenvalue weighted by molar-refractivity contribution is 7.89. The highest BCUT2D eigenvalue weighted by atomic mass is 32.2. The van der Waals surface area contributed by atoms with Gasteiger partial charge in [-0.25, -0.2) is 13.6 Å². The zero-order valence-corrected chi connectivity index (χ0v) is 14.3. The van der Waals surface area contributed by atoms with Gasteiger partial charge in [-0.05, 0) is 53.5 Å². The molecule has 2 aromatic rings. The first kappa shape index (κ1) is 16.7. The van der Waals surface area contributed by atoms with Crippen molar-refractivity contribution in [2.45, 2.75) is 17.9 Å². The van der Waals surface area contributed by atoms with Crippen LogP contribution in [0.2, 0.25) is 0 Å². The van der Waals surface area contributed by atoms with E-state index in [-0.39, 0.29) is 11.0 Å². The molecule has 1 heterocycles. The van der Waals surface area contributed by atoms with E-state index in [0.29, 0.717) is 6.61 Å². The Hall–Kier alpha value is -2.15. The summed E-state index contributed by atoms with van der Waals surface area (Å²) in [6.45, 7) is 2.50. The van der Waals surface area contributed by atoms with Crippen LogP contribution in [0.3, 0.4) is 0 Å². The van der Waals surface area contributed by atoms with Gasteiger partial charge < -0.3 is 9.47 Å². The van der Waals surface area contributed by atoms with E-state index in [4.69, 9.17) is 14.6 Å². The van der Waals surface area contributed by atoms with Crippen LogP contribution in [0.1, 0.15) is 18.1 Å². The molecule has 0 amide bonds. The molecule has 0 saturated carbocycles. The summed E-state index contributed by atoms with van der Waals surface area (Å²) < 4.78 is 33.8. The summed E-state index contributed by atoms with van der Waals surface area (Å²) in [5.74, 6) is 0.797. The van der Waals surface area contributed by atoms with E-state index in [9.17, 15) is 8.42 Å². The highest BCUT2D eigenvalue weighted by Crippen LogP contribution is 2.36. The van der Waals surface area contributed by atoms with Crippen LogP contribution >= 0.6 is 0 Å². The average molecular weight is 345 g/mol. The fourth-order valence-electron chi connectivity index (χ4n) is 2.88. The number of sulfonamides is 1. The molecule has 0 bridgehead atoms. The van der Waals surface area contributed by atoms with Crippen molar-refractivity contribution in [1.82, 2.24) is 0 Å². The lowest BCUT2D eigenvalue weighted by atomic mass is 9.94. The number of nitrogens with two attached hydrogens (primary N) is 1. The van der Waals surface area contributed by atoms with E-state index in [1.807, 2.05) is 31.2 Å². The van der Waals surface area contributed by atoms with Crippen molar-refractivity contribution in [1.29, 1.82) is 0 Å². The summed E-state index contributed by atoms with van der Waals surface area (Å²) >= 11 is 0. The molecular formula is C18H19NO4S. The first-order valence-corrected chi connectivity index (χ1v) is 9.07. The summed E-state index contributed by atoms with van der Waals surface area (Å²) in [6, 6.07) is 14.4. The van der Waals surface area contributed by atoms with Crippen LogP contribution in [0.4, 0.5) is 0 Å². The van der Waals surface area contributed by atoms with Crippen LogP contribution in [0.25, 0.3) is 11.1 Å². The highest BCUT2D eigenvalue weighted by Gasteiger charge is 2.25. The Morgan fingerprint density at radius 1 is 1.04 bits per heavy atom. The second-order valence-electron chi connectivity index (χ2n) is 5.64. The molecule has 0 saturated heterocycles. The lowest BCUT2D eigenvalue weighted by Gasteiger charge is -2.11. The standard InChI is InChI=1S/C18H19NO4S/c1-12-18(14-5-9-16(10-6-14)24(19,20)21)17(11-23-12)13-3-7-15(22-2)8-4-13/h3-10,12H,11H2,1-2H3,(H2,19,20,21). The van der Waals surface area contributed by atoms with Crippen molar-refractivity contribution in [2.75, 3.05) is 13.7 Å². The van der Waals surface area contributed by atoms with E-state index in [1.54, 1.807) is 19.2 Å². The number of rotatable bonds is 4. The molecule has 0 aromatic heterocycles. The van der Waals surface area contributed by atoms with E-state index >= 15 is 0 Å². The summed E-state index contributed by atoms with van der Waals surface area (Å²) in [5.41, 5.74) is 4.14. The summed E-state index contributed by atoms with van der Waals surface area (Å²) in [7, 11) is -2.06. The lowest BCUT2D eigenvalue weighted by Crippen LogP contribution is -2.12. The van der Waals surface area contributed by atoms with Crippen molar-refractivity contribution in [3.05, 3.63) is 59.7 Å². The molecule has 0 radical (unpaired) electrons. The quantitative estimate of drug-likeness (QED) is 0.924. The van der Waals surface area contributed by atoms with Gasteiger partial charge in [0, 0.05) is 0 Å². The minimum atomic E-state index is -3.69. The third-order valence-corrected chi connectivity index (χ3v) is 5.07. The molecule has 0 spiro atoms. The molecular weight excluding hydrogens is 326 g/mol. The van der Waals surface area contributed by atoms with E-state index < -0.39 is 10.0 Å². The zero-order chi connectivity index (χ0) is 17.3. The molecule has 1 aliphatic rings. The van der Waals surface area contributed by atoms with Crippen LogP contribution in [0, 0.1) is 0 Å². The monoisotopic (exact) mass is 345 g/mol. The minimum absolute atomic E-state index is 0.0672. The summed E-state index contributed by atoms with van der Waals surface area (Å²) in [4.78, 5) is 0.101. The predicted molar refractivity (Wildman–Crippen MR) is 93.0 cm³/mol. The maximum Gasteiger partial charge on any atom is 0.238 e. The fraction of sp³-hybridized carbons (Fsp3) is 0.222. The SMILES string of the molecule is COc1ccc(C2=C(c3ccc(S(N)(=O)=O)cc3)C(C)OC2)cc1. The Balaban J connectivity index is 2.04. The molecule has 24 heavy (non-hydrogen) atoms. The van der Waals surface area contributed by atoms with Gasteiger partial charge in [0.1, 0.15) is 5.75 Å². The fourth-order valence-corrected chi connectivity index (χ4v) is 3.39. The average Bonchev–Trinajstić information content (AvgIpc) is 2.96. The Morgan fingerprint density at radius 2 is 1.62 bits per heavy atom. The van der Waals surface area contributed by atoms with E-state index in [1.165, 1.54) is 12.1 Å². The molecule has 1 aliphatic heterocycles. The van der Waals surface area contributed by atoms with Gasteiger partial charge in [-0.15, -0.1) is 0 Å². The van der Waals surface area contributed by atoms with Crippen LogP contribution < -0.4 is 9.88 Å². The first-order chi connectivity index (χ1) is 11.4. The Bertz CT molecular complexity index is 868. The molecule has 0 fully saturated rings. The molecule has 2 N–H and O–H groups in total. The van der Waals surface area contributed by atoms with Gasteiger partial charge >= 0.3 is 0 Å². The first-order valence-electron chi connectivity index (χ1n) is 7.52. The van der Waals surface area contributed by atoms with Crippen LogP contribution in [0.15, 0.2) is 53.4 Å². The molecule has 6 heteroatoms. The molecule has 5 nitrogen and oxygen atoms in total. The van der Waals surface area contributed by atoms with E-state index in [2.05, 4.69) is 0 Å². The summed E-state index contributed by atoms with van der Waals surface area (Å²) in [5, 5.41) is 5.16. The second-order valence-corrected chi connectivity index (χ2v) is 7.20. The molecule has 126 valence electrons. The van der Waals surface area contributed by atoms with Crippen LogP contribution in [0.5, 0.6) is 5.75 Å². The van der Waals surface area contributed by atoms with Gasteiger partial charge in [0.15, 0.2) is 0 Å². The smallest absolute Gasteiger partial charge is 0.238 e. The Kier molecular flexibility index (Phi) is 4.45. The minimum Gasteiger partial charge on any atom is -0.497 e. The second kappa shape index (κ2) is 6.39. The topological polar surface area (TPSA) is 78.6 Å². The maximum absolute atomic E-state index is 11.4. The number of hydrogen-bond acceptors (Lipinski definition) is 4. The number of methoxy groups -OCH3 is 1. The Labute approximate surface area is 141 Å². The number of hydrogen-bond donors (Lipinski definition) is 1. The van der Waals surface area contributed by atoms with Crippen molar-refractivity contribution < 1.29 is 17.9 Å². The van der Waals surface area contributed by atoms with Crippen molar-refractivity contribution in [3.63, 3.8) is 0 Å². The largest absolute Gasteiger partial charge is 0.497 e. The third-order valence-electron chi connectivity index (χ3n) is 4.14. The van der Waals surface area contributed by atoms with Crippen molar-refractivity contribution in [3.8, 4) is 5.75 Å². The predicted octanol–water partition coefficient (Wildman–Crippen LogP) is 2.67. The molecule has 3 rings (SSSR count). The van der Waals surface area contributed by atoms with Gasteiger partial charge in [-0.3, -0.25) is 0 Å². The molecule has 2 aromatic carbocycles. The molecule has 0 aliphatic carbocycles. The van der Waals surface area contributed by atoms with Crippen molar-refractivity contribution in [2.24, 2.45) is 5.14 Å². The van der Waals surface area contributed by atoms with Gasteiger partial charge in [-0.2, -0.15) is 0 Å². The number of primary sulfonamides is 1. The zero-order valence-electron chi connectivity index (χ0n) is 13.5. The third kappa shape index (κ3) is 3.21. The maximum atomic E-state index is 11.4. The van der Waals surface area contributed by atoms with Gasteiger partial charge in [-0.1, -0.05) is 24.3 Å².